The molecule has 1 aromatic carbocycles. The lowest BCUT2D eigenvalue weighted by Gasteiger charge is -2.16. The van der Waals surface area contributed by atoms with Crippen LogP contribution in [0.2, 0.25) is 0 Å². The van der Waals surface area contributed by atoms with Crippen molar-refractivity contribution in [2.75, 3.05) is 24.2 Å². The van der Waals surface area contributed by atoms with Gasteiger partial charge in [-0.2, -0.15) is 5.10 Å². The first-order valence-electron chi connectivity index (χ1n) is 5.86. The SMILES string of the molecule is CN(CC(=O)OCc1ccccc1)c1cn[nH]c1N. The summed E-state index contributed by atoms with van der Waals surface area (Å²) in [6, 6.07) is 9.54. The molecule has 0 fully saturated rings. The summed E-state index contributed by atoms with van der Waals surface area (Å²) in [6.07, 6.45) is 1.57. The summed E-state index contributed by atoms with van der Waals surface area (Å²) in [6.45, 7) is 0.394. The maximum Gasteiger partial charge on any atom is 0.325 e. The predicted molar refractivity (Wildman–Crippen MR) is 72.5 cm³/mol. The Kier molecular flexibility index (Phi) is 4.02. The normalized spacial score (nSPS) is 10.2. The van der Waals surface area contributed by atoms with Crippen molar-refractivity contribution in [2.45, 2.75) is 6.61 Å². The molecule has 0 atom stereocenters. The maximum atomic E-state index is 11.7. The number of benzene rings is 1. The highest BCUT2D eigenvalue weighted by atomic mass is 16.5. The van der Waals surface area contributed by atoms with Crippen LogP contribution >= 0.6 is 0 Å². The Morgan fingerprint density at radius 3 is 2.79 bits per heavy atom. The largest absolute Gasteiger partial charge is 0.459 e. The van der Waals surface area contributed by atoms with Crippen LogP contribution in [0.15, 0.2) is 36.5 Å². The smallest absolute Gasteiger partial charge is 0.325 e. The van der Waals surface area contributed by atoms with Gasteiger partial charge in [0, 0.05) is 7.05 Å². The summed E-state index contributed by atoms with van der Waals surface area (Å²) in [5.41, 5.74) is 7.31. The molecule has 0 bridgehead atoms. The van der Waals surface area contributed by atoms with Crippen molar-refractivity contribution in [3.63, 3.8) is 0 Å². The standard InChI is InChI=1S/C13H16N4O2/c1-17(11-7-15-16-13(11)14)8-12(18)19-9-10-5-3-2-4-6-10/h2-7H,8-9H2,1H3,(H3,14,15,16). The monoisotopic (exact) mass is 260 g/mol. The van der Waals surface area contributed by atoms with Crippen molar-refractivity contribution >= 4 is 17.5 Å². The molecule has 1 aromatic heterocycles. The number of nitrogens with one attached hydrogen (secondary N) is 1. The molecule has 0 unspecified atom stereocenters. The van der Waals surface area contributed by atoms with E-state index >= 15 is 0 Å². The second-order valence-electron chi connectivity index (χ2n) is 4.17. The number of hydrogen-bond acceptors (Lipinski definition) is 5. The van der Waals surface area contributed by atoms with Gasteiger partial charge in [0.25, 0.3) is 0 Å². The molecule has 0 radical (unpaired) electrons. The molecule has 0 saturated carbocycles. The van der Waals surface area contributed by atoms with Gasteiger partial charge in [0.1, 0.15) is 19.0 Å². The summed E-state index contributed by atoms with van der Waals surface area (Å²) in [5, 5.41) is 6.41. The van der Waals surface area contributed by atoms with Gasteiger partial charge in [-0.05, 0) is 5.56 Å². The number of aromatic amines is 1. The lowest BCUT2D eigenvalue weighted by Crippen LogP contribution is -2.27. The van der Waals surface area contributed by atoms with Gasteiger partial charge >= 0.3 is 5.97 Å². The Morgan fingerprint density at radius 2 is 2.16 bits per heavy atom. The molecule has 2 rings (SSSR count). The zero-order valence-electron chi connectivity index (χ0n) is 10.7. The topological polar surface area (TPSA) is 84.2 Å². The molecular weight excluding hydrogens is 244 g/mol. The van der Waals surface area contributed by atoms with Crippen LogP contribution in [0, 0.1) is 0 Å². The van der Waals surface area contributed by atoms with Crippen molar-refractivity contribution in [3.8, 4) is 0 Å². The molecule has 6 nitrogen and oxygen atoms in total. The quantitative estimate of drug-likeness (QED) is 0.788. The molecule has 3 N–H and O–H groups in total. The van der Waals surface area contributed by atoms with Crippen LogP contribution in [0.3, 0.4) is 0 Å². The van der Waals surface area contributed by atoms with Crippen LogP contribution in [0.5, 0.6) is 0 Å². The summed E-state index contributed by atoms with van der Waals surface area (Å²) >= 11 is 0. The molecule has 0 amide bonds. The lowest BCUT2D eigenvalue weighted by molar-refractivity contribution is -0.143. The van der Waals surface area contributed by atoms with E-state index in [0.29, 0.717) is 11.5 Å². The molecule has 0 aliphatic rings. The first-order valence-corrected chi connectivity index (χ1v) is 5.86. The van der Waals surface area contributed by atoms with E-state index in [-0.39, 0.29) is 19.1 Å². The Morgan fingerprint density at radius 1 is 1.42 bits per heavy atom. The average Bonchev–Trinajstić information content (AvgIpc) is 2.84. The first kappa shape index (κ1) is 12.9. The molecule has 0 aliphatic carbocycles. The average molecular weight is 260 g/mol. The zero-order valence-corrected chi connectivity index (χ0v) is 10.7. The third-order valence-electron chi connectivity index (χ3n) is 2.67. The number of ether oxygens (including phenoxy) is 1. The number of aromatic nitrogens is 2. The summed E-state index contributed by atoms with van der Waals surface area (Å²) < 4.78 is 5.18. The number of H-pyrrole nitrogens is 1. The number of nitrogens with two attached hydrogens (primary N) is 1. The Balaban J connectivity index is 1.83. The van der Waals surface area contributed by atoms with Gasteiger partial charge in [-0.1, -0.05) is 30.3 Å². The molecule has 6 heteroatoms. The van der Waals surface area contributed by atoms with Crippen LogP contribution in [-0.4, -0.2) is 29.8 Å². The second-order valence-corrected chi connectivity index (χ2v) is 4.17. The minimum absolute atomic E-state index is 0.122. The van der Waals surface area contributed by atoms with E-state index in [1.807, 2.05) is 30.3 Å². The van der Waals surface area contributed by atoms with E-state index in [0.717, 1.165) is 5.56 Å². The van der Waals surface area contributed by atoms with Gasteiger partial charge in [0.15, 0.2) is 0 Å². The van der Waals surface area contributed by atoms with Crippen LogP contribution in [0.1, 0.15) is 5.56 Å². The number of anilines is 2. The summed E-state index contributed by atoms with van der Waals surface area (Å²) in [7, 11) is 1.75. The van der Waals surface area contributed by atoms with Gasteiger partial charge in [-0.25, -0.2) is 0 Å². The van der Waals surface area contributed by atoms with Gasteiger partial charge < -0.3 is 15.4 Å². The fraction of sp³-hybridized carbons (Fsp3) is 0.231. The molecule has 2 aromatic rings. The first-order chi connectivity index (χ1) is 9.16. The fourth-order valence-electron chi connectivity index (χ4n) is 1.66. The number of hydrogen-bond donors (Lipinski definition) is 2. The number of rotatable bonds is 5. The minimum atomic E-state index is -0.313. The number of esters is 1. The maximum absolute atomic E-state index is 11.7. The third-order valence-corrected chi connectivity index (χ3v) is 2.67. The highest BCUT2D eigenvalue weighted by Crippen LogP contribution is 2.17. The minimum Gasteiger partial charge on any atom is -0.459 e. The number of likely N-dealkylation sites (N-methyl/N-ethyl adjacent to an activating group) is 1. The van der Waals surface area contributed by atoms with Crippen molar-refractivity contribution < 1.29 is 9.53 Å². The lowest BCUT2D eigenvalue weighted by atomic mass is 10.2. The summed E-state index contributed by atoms with van der Waals surface area (Å²) in [5.74, 6) is 0.116. The van der Waals surface area contributed by atoms with Crippen LogP contribution in [0.4, 0.5) is 11.5 Å². The molecule has 0 spiro atoms. The van der Waals surface area contributed by atoms with Crippen LogP contribution in [-0.2, 0) is 16.1 Å². The predicted octanol–water partition coefficient (Wildman–Crippen LogP) is 1.17. The van der Waals surface area contributed by atoms with Gasteiger partial charge in [0.2, 0.25) is 0 Å². The van der Waals surface area contributed by atoms with Crippen molar-refractivity contribution in [3.05, 3.63) is 42.1 Å². The highest BCUT2D eigenvalue weighted by molar-refractivity contribution is 5.77. The number of carbonyl (C=O) groups is 1. The number of nitrogen functional groups attached to an aromatic ring is 1. The van der Waals surface area contributed by atoms with Crippen molar-refractivity contribution in [2.24, 2.45) is 0 Å². The third kappa shape index (κ3) is 3.48. The molecule has 100 valence electrons. The Labute approximate surface area is 111 Å². The van der Waals surface area contributed by atoms with Crippen molar-refractivity contribution in [1.29, 1.82) is 0 Å². The molecule has 0 aliphatic heterocycles. The number of carbonyl (C=O) groups excluding carboxylic acids is 1. The van der Waals surface area contributed by atoms with Gasteiger partial charge in [-0.3, -0.25) is 9.89 Å². The van der Waals surface area contributed by atoms with Gasteiger partial charge in [0.05, 0.1) is 11.9 Å². The molecule has 1 heterocycles. The van der Waals surface area contributed by atoms with E-state index in [9.17, 15) is 4.79 Å². The molecular formula is C13H16N4O2. The Bertz CT molecular complexity index is 539. The molecule has 19 heavy (non-hydrogen) atoms. The van der Waals surface area contributed by atoms with E-state index < -0.39 is 0 Å². The van der Waals surface area contributed by atoms with Crippen LogP contribution in [0.25, 0.3) is 0 Å². The highest BCUT2D eigenvalue weighted by Gasteiger charge is 2.12. The zero-order chi connectivity index (χ0) is 13.7. The van der Waals surface area contributed by atoms with E-state index in [1.54, 1.807) is 18.1 Å². The van der Waals surface area contributed by atoms with Crippen molar-refractivity contribution in [1.82, 2.24) is 10.2 Å². The Hall–Kier alpha value is -2.50. The summed E-state index contributed by atoms with van der Waals surface area (Å²) in [4.78, 5) is 13.4. The second kappa shape index (κ2) is 5.90. The van der Waals surface area contributed by atoms with Crippen LogP contribution < -0.4 is 10.6 Å². The van der Waals surface area contributed by atoms with E-state index in [1.165, 1.54) is 0 Å². The number of nitrogens with zero attached hydrogens (tertiary/aromatic N) is 2. The fourth-order valence-corrected chi connectivity index (χ4v) is 1.66. The van der Waals surface area contributed by atoms with E-state index in [4.69, 9.17) is 10.5 Å². The van der Waals surface area contributed by atoms with Gasteiger partial charge in [-0.15, -0.1) is 0 Å². The molecule has 0 saturated heterocycles. The van der Waals surface area contributed by atoms with E-state index in [2.05, 4.69) is 10.2 Å².